The Bertz CT molecular complexity index is 498. The highest BCUT2D eigenvalue weighted by Gasteiger charge is 2.22. The van der Waals surface area contributed by atoms with Crippen LogP contribution in [0.3, 0.4) is 0 Å². The third-order valence-corrected chi connectivity index (χ3v) is 3.16. The van der Waals surface area contributed by atoms with Crippen molar-refractivity contribution in [2.24, 2.45) is 5.92 Å². The molecule has 0 radical (unpaired) electrons. The topological polar surface area (TPSA) is 44.1 Å². The molecule has 0 fully saturated rings. The lowest BCUT2D eigenvalue weighted by Crippen LogP contribution is -2.20. The summed E-state index contributed by atoms with van der Waals surface area (Å²) in [6.45, 7) is 0.706. The summed E-state index contributed by atoms with van der Waals surface area (Å²) in [5, 5.41) is 4.15. The van der Waals surface area contributed by atoms with Gasteiger partial charge in [0, 0.05) is 18.9 Å². The van der Waals surface area contributed by atoms with Gasteiger partial charge in [0.1, 0.15) is 0 Å². The minimum atomic E-state index is -0.207. The summed E-state index contributed by atoms with van der Waals surface area (Å²) in [4.78, 5) is 11.9. The summed E-state index contributed by atoms with van der Waals surface area (Å²) in [5.74, 6) is -0.385. The van der Waals surface area contributed by atoms with Gasteiger partial charge in [-0.2, -0.15) is 5.10 Å². The molecule has 1 aliphatic carbocycles. The Morgan fingerprint density at radius 1 is 1.47 bits per heavy atom. The zero-order chi connectivity index (χ0) is 13.5. The first kappa shape index (κ1) is 13.3. The molecule has 1 aromatic rings. The minimum absolute atomic E-state index is 0.179. The Labute approximate surface area is 113 Å². The molecule has 19 heavy (non-hydrogen) atoms. The molecule has 0 aromatic carbocycles. The van der Waals surface area contributed by atoms with Crippen LogP contribution in [0.1, 0.15) is 12.8 Å². The van der Waals surface area contributed by atoms with Crippen molar-refractivity contribution in [3.63, 3.8) is 0 Å². The molecule has 1 aliphatic rings. The predicted molar refractivity (Wildman–Crippen MR) is 73.3 cm³/mol. The fourth-order valence-corrected chi connectivity index (χ4v) is 2.14. The number of rotatable bonds is 5. The van der Waals surface area contributed by atoms with Crippen molar-refractivity contribution in [3.8, 4) is 0 Å². The van der Waals surface area contributed by atoms with Gasteiger partial charge in [-0.3, -0.25) is 9.48 Å². The van der Waals surface area contributed by atoms with Crippen LogP contribution in [0.25, 0.3) is 0 Å². The summed E-state index contributed by atoms with van der Waals surface area (Å²) in [6, 6.07) is 1.88. The van der Waals surface area contributed by atoms with E-state index in [-0.39, 0.29) is 11.9 Å². The number of hydrogen-bond acceptors (Lipinski definition) is 3. The Balaban J connectivity index is 2.07. The second-order valence-electron chi connectivity index (χ2n) is 4.39. The third-order valence-electron chi connectivity index (χ3n) is 3.16. The Morgan fingerprint density at radius 2 is 2.37 bits per heavy atom. The molecule has 0 bridgehead atoms. The number of hydrogen-bond donors (Lipinski definition) is 0. The van der Waals surface area contributed by atoms with Crippen LogP contribution in [0.4, 0.5) is 0 Å². The Morgan fingerprint density at radius 3 is 3.11 bits per heavy atom. The van der Waals surface area contributed by atoms with Crippen LogP contribution in [-0.2, 0) is 16.1 Å². The highest BCUT2D eigenvalue weighted by Crippen LogP contribution is 2.23. The van der Waals surface area contributed by atoms with E-state index in [1.807, 2.05) is 41.2 Å². The van der Waals surface area contributed by atoms with Gasteiger partial charge in [-0.15, -0.1) is 0 Å². The maximum absolute atomic E-state index is 11.9. The molecule has 0 spiro atoms. The lowest BCUT2D eigenvalue weighted by atomic mass is 9.93. The molecule has 0 amide bonds. The highest BCUT2D eigenvalue weighted by atomic mass is 16.5. The fourth-order valence-electron chi connectivity index (χ4n) is 2.14. The van der Waals surface area contributed by atoms with Crippen molar-refractivity contribution in [1.82, 2.24) is 9.78 Å². The molecule has 1 atom stereocenters. The summed E-state index contributed by atoms with van der Waals surface area (Å²) in [7, 11) is 1.44. The van der Waals surface area contributed by atoms with Crippen LogP contribution in [0, 0.1) is 5.92 Å². The molecule has 0 saturated carbocycles. The van der Waals surface area contributed by atoms with Gasteiger partial charge in [-0.05, 0) is 18.9 Å². The van der Waals surface area contributed by atoms with Crippen molar-refractivity contribution in [2.75, 3.05) is 7.11 Å². The Kier molecular flexibility index (Phi) is 4.72. The number of methoxy groups -OCH3 is 1. The van der Waals surface area contributed by atoms with Crippen LogP contribution in [0.15, 0.2) is 54.4 Å². The largest absolute Gasteiger partial charge is 0.469 e. The molecule has 1 unspecified atom stereocenters. The zero-order valence-electron chi connectivity index (χ0n) is 11.0. The van der Waals surface area contributed by atoms with Gasteiger partial charge in [-0.1, -0.05) is 36.0 Å². The number of carbonyl (C=O) groups is 1. The van der Waals surface area contributed by atoms with Crippen LogP contribution in [0.2, 0.25) is 0 Å². The molecule has 4 heteroatoms. The third kappa shape index (κ3) is 3.68. The number of ether oxygens (including phenoxy) is 1. The molecule has 2 rings (SSSR count). The minimum Gasteiger partial charge on any atom is -0.469 e. The maximum Gasteiger partial charge on any atom is 0.312 e. The van der Waals surface area contributed by atoms with E-state index in [1.165, 1.54) is 7.11 Å². The Hall–Kier alpha value is -2.10. The second kappa shape index (κ2) is 6.73. The average molecular weight is 258 g/mol. The first-order chi connectivity index (χ1) is 9.31. The van der Waals surface area contributed by atoms with Crippen molar-refractivity contribution >= 4 is 5.97 Å². The van der Waals surface area contributed by atoms with E-state index in [4.69, 9.17) is 4.74 Å². The standard InChI is InChI=1S/C15H18N2O2/c1-19-15(18)14(9-12-17-11-6-10-16-17)13-7-4-2-3-5-8-13/h2-7,10-11,14H,8-9,12H2,1H3. The SMILES string of the molecule is COC(=O)C(CCn1cccn1)C1=CC=CC=CC1. The second-order valence-corrected chi connectivity index (χ2v) is 4.39. The van der Waals surface area contributed by atoms with Crippen LogP contribution >= 0.6 is 0 Å². The summed E-state index contributed by atoms with van der Waals surface area (Å²) in [6.07, 6.45) is 15.1. The van der Waals surface area contributed by atoms with E-state index in [2.05, 4.69) is 11.2 Å². The summed E-state index contributed by atoms with van der Waals surface area (Å²) in [5.41, 5.74) is 1.09. The van der Waals surface area contributed by atoms with Crippen molar-refractivity contribution in [1.29, 1.82) is 0 Å². The molecule has 0 N–H and O–H groups in total. The first-order valence-corrected chi connectivity index (χ1v) is 6.39. The predicted octanol–water partition coefficient (Wildman–Crippen LogP) is 2.50. The van der Waals surface area contributed by atoms with E-state index < -0.39 is 0 Å². The average Bonchev–Trinajstić information content (AvgIpc) is 2.80. The van der Waals surface area contributed by atoms with Crippen LogP contribution in [0.5, 0.6) is 0 Å². The van der Waals surface area contributed by atoms with Crippen LogP contribution in [-0.4, -0.2) is 22.9 Å². The number of nitrogens with zero attached hydrogens (tertiary/aromatic N) is 2. The van der Waals surface area contributed by atoms with E-state index >= 15 is 0 Å². The normalized spacial score (nSPS) is 15.7. The number of carbonyl (C=O) groups excluding carboxylic acids is 1. The molecule has 0 saturated heterocycles. The van der Waals surface area contributed by atoms with Gasteiger partial charge in [0.15, 0.2) is 0 Å². The van der Waals surface area contributed by atoms with Crippen LogP contribution < -0.4 is 0 Å². The number of esters is 1. The zero-order valence-corrected chi connectivity index (χ0v) is 11.0. The van der Waals surface area contributed by atoms with E-state index in [0.29, 0.717) is 13.0 Å². The van der Waals surface area contributed by atoms with Crippen molar-refractivity contribution < 1.29 is 9.53 Å². The number of aryl methyl sites for hydroxylation is 1. The quantitative estimate of drug-likeness (QED) is 0.762. The summed E-state index contributed by atoms with van der Waals surface area (Å²) < 4.78 is 6.75. The lowest BCUT2D eigenvalue weighted by Gasteiger charge is -2.17. The first-order valence-electron chi connectivity index (χ1n) is 6.39. The fraction of sp³-hybridized carbons (Fsp3) is 0.333. The summed E-state index contributed by atoms with van der Waals surface area (Å²) >= 11 is 0. The molecular weight excluding hydrogens is 240 g/mol. The highest BCUT2D eigenvalue weighted by molar-refractivity contribution is 5.76. The van der Waals surface area contributed by atoms with Crippen molar-refractivity contribution in [2.45, 2.75) is 19.4 Å². The van der Waals surface area contributed by atoms with E-state index in [0.717, 1.165) is 12.0 Å². The number of aromatic nitrogens is 2. The number of allylic oxidation sites excluding steroid dienone is 5. The maximum atomic E-state index is 11.9. The van der Waals surface area contributed by atoms with Gasteiger partial charge >= 0.3 is 5.97 Å². The molecule has 4 nitrogen and oxygen atoms in total. The van der Waals surface area contributed by atoms with Gasteiger partial charge in [0.05, 0.1) is 13.0 Å². The molecule has 0 aliphatic heterocycles. The van der Waals surface area contributed by atoms with Gasteiger partial charge < -0.3 is 4.74 Å². The van der Waals surface area contributed by atoms with Gasteiger partial charge in [0.25, 0.3) is 0 Å². The van der Waals surface area contributed by atoms with E-state index in [9.17, 15) is 4.79 Å². The van der Waals surface area contributed by atoms with Gasteiger partial charge in [-0.25, -0.2) is 0 Å². The van der Waals surface area contributed by atoms with Gasteiger partial charge in [0.2, 0.25) is 0 Å². The lowest BCUT2D eigenvalue weighted by molar-refractivity contribution is -0.144. The van der Waals surface area contributed by atoms with Crippen molar-refractivity contribution in [3.05, 3.63) is 54.4 Å². The molecule has 100 valence electrons. The molecule has 1 aromatic heterocycles. The smallest absolute Gasteiger partial charge is 0.312 e. The molecular formula is C15H18N2O2. The molecule has 1 heterocycles. The monoisotopic (exact) mass is 258 g/mol. The van der Waals surface area contributed by atoms with E-state index in [1.54, 1.807) is 6.20 Å².